The number of nitrogens with one attached hydrogen (secondary N) is 2. The van der Waals surface area contributed by atoms with Gasteiger partial charge in [0.1, 0.15) is 0 Å². The minimum absolute atomic E-state index is 0.158. The average molecular weight is 518 g/mol. The van der Waals surface area contributed by atoms with Crippen LogP contribution in [0.2, 0.25) is 0 Å². The molecule has 0 saturated heterocycles. The second-order valence-electron chi connectivity index (χ2n) is 7.07. The number of rotatable bonds is 8. The van der Waals surface area contributed by atoms with E-state index in [-0.39, 0.29) is 22.5 Å². The van der Waals surface area contributed by atoms with Gasteiger partial charge in [-0.2, -0.15) is 10.5 Å². The number of hydrogen-bond acceptors (Lipinski definition) is 4. The molecule has 2 unspecified atom stereocenters. The van der Waals surface area contributed by atoms with Gasteiger partial charge in [-0.05, 0) is 17.2 Å². The lowest BCUT2D eigenvalue weighted by molar-refractivity contribution is -0.996. The molecule has 32 heavy (non-hydrogen) atoms. The Hall–Kier alpha value is -1.42. The van der Waals surface area contributed by atoms with Crippen LogP contribution < -0.4 is 10.5 Å². The van der Waals surface area contributed by atoms with Crippen LogP contribution in [0.3, 0.4) is 0 Å². The molecule has 0 amide bonds. The zero-order chi connectivity index (χ0) is 23.4. The number of benzene rings is 3. The summed E-state index contributed by atoms with van der Waals surface area (Å²) in [5.41, 5.74) is 1.17. The molecule has 0 aliphatic heterocycles. The van der Waals surface area contributed by atoms with Crippen molar-refractivity contribution in [1.82, 2.24) is 0 Å². The highest BCUT2D eigenvalue weighted by Gasteiger charge is 2.32. The monoisotopic (exact) mass is 516 g/mol. The van der Waals surface area contributed by atoms with Gasteiger partial charge < -0.3 is 10.4 Å². The van der Waals surface area contributed by atoms with Crippen molar-refractivity contribution >= 4 is 57.8 Å². The smallest absolute Gasteiger partial charge is 0.174 e. The first-order valence-corrected chi connectivity index (χ1v) is 11.3. The molecular weight excluding hydrogens is 498 g/mol. The van der Waals surface area contributed by atoms with E-state index in [1.54, 1.807) is 48.5 Å². The molecule has 0 aliphatic rings. The van der Waals surface area contributed by atoms with Crippen molar-refractivity contribution in [3.8, 4) is 0 Å². The Labute approximate surface area is 205 Å². The van der Waals surface area contributed by atoms with E-state index >= 15 is 0 Å². The fraction of sp³-hybridized carbons (Fsp3) is 0.182. The first-order valence-electron chi connectivity index (χ1n) is 9.53. The molecule has 6 atom stereocenters. The summed E-state index contributed by atoms with van der Waals surface area (Å²) >= 11 is 26.4. The normalized spacial score (nSPS) is 17.2. The van der Waals surface area contributed by atoms with Crippen LogP contribution >= 0.6 is 46.4 Å². The van der Waals surface area contributed by atoms with Crippen molar-refractivity contribution in [1.29, 1.82) is 0 Å². The second-order valence-corrected chi connectivity index (χ2v) is 8.95. The fourth-order valence-corrected chi connectivity index (χ4v) is 4.60. The summed E-state index contributed by atoms with van der Waals surface area (Å²) in [6.45, 7) is 0. The first kappa shape index (κ1) is 25.2. The molecule has 0 saturated carbocycles. The van der Waals surface area contributed by atoms with Gasteiger partial charge in [0.05, 0.1) is 27.6 Å². The third-order valence-corrected chi connectivity index (χ3v) is 7.27. The lowest BCUT2D eigenvalue weighted by atomic mass is 9.95. The van der Waals surface area contributed by atoms with Gasteiger partial charge in [-0.1, -0.05) is 60.7 Å². The van der Waals surface area contributed by atoms with Gasteiger partial charge in [0, 0.05) is 11.1 Å². The summed E-state index contributed by atoms with van der Waals surface area (Å²) in [5, 5.41) is 37.2. The molecule has 0 heterocycles. The van der Waals surface area contributed by atoms with Gasteiger partial charge >= 0.3 is 0 Å². The molecule has 4 N–H and O–H groups in total. The Balaban J connectivity index is 2.10. The highest BCUT2D eigenvalue weighted by Crippen LogP contribution is 2.46. The molecule has 0 radical (unpaired) electrons. The van der Waals surface area contributed by atoms with Crippen LogP contribution in [0.15, 0.2) is 72.8 Å². The molecule has 6 nitrogen and oxygen atoms in total. The largest absolute Gasteiger partial charge is 0.595 e. The van der Waals surface area contributed by atoms with Crippen molar-refractivity contribution in [2.24, 2.45) is 0 Å². The van der Waals surface area contributed by atoms with Crippen LogP contribution in [0, 0.1) is 10.4 Å². The second kappa shape index (κ2) is 11.1. The summed E-state index contributed by atoms with van der Waals surface area (Å²) in [4.78, 5) is 0. The quantitative estimate of drug-likeness (QED) is 0.249. The minimum Gasteiger partial charge on any atom is -0.595 e. The van der Waals surface area contributed by atoms with E-state index < -0.39 is 32.0 Å². The zero-order valence-electron chi connectivity index (χ0n) is 16.5. The van der Waals surface area contributed by atoms with Crippen LogP contribution in [0.1, 0.15) is 43.8 Å². The molecule has 0 bridgehead atoms. The summed E-state index contributed by atoms with van der Waals surface area (Å²) in [6, 6.07) is 20.3. The van der Waals surface area contributed by atoms with Crippen molar-refractivity contribution < 1.29 is 20.9 Å². The number of quaternary nitrogens is 2. The third kappa shape index (κ3) is 5.55. The van der Waals surface area contributed by atoms with Crippen LogP contribution in [-0.4, -0.2) is 10.4 Å². The standard InChI is InChI=1S/C22H20Cl4N2O4/c23-19(13-7-3-1-4-8-13)21(25)15-11-16(18(28(31)32)12-17(15)27(29)30)22(26)20(24)14-9-5-2-6-10-14/h1-12,19-22,27-29,31H/t19-,20-,21-,22+/m1/s1. The highest BCUT2D eigenvalue weighted by atomic mass is 35.5. The SMILES string of the molecule is [O-][NH+](O)c1cc([NH+]([O-])O)c([C@H](Cl)[C@H](Cl)c2ccccc2)cc1[C@@H](Cl)[C@H](Cl)c1ccccc1. The molecule has 3 aromatic carbocycles. The molecular formula is C22H20Cl4N2O4. The van der Waals surface area contributed by atoms with Gasteiger partial charge in [0.15, 0.2) is 11.4 Å². The average Bonchev–Trinajstić information content (AvgIpc) is 2.82. The molecule has 3 rings (SSSR count). The topological polar surface area (TPSA) is 95.5 Å². The Morgan fingerprint density at radius 3 is 1.22 bits per heavy atom. The Morgan fingerprint density at radius 2 is 0.906 bits per heavy atom. The minimum atomic E-state index is -1.33. The molecule has 0 aliphatic carbocycles. The van der Waals surface area contributed by atoms with E-state index in [2.05, 4.69) is 0 Å². The molecule has 0 spiro atoms. The predicted molar refractivity (Wildman–Crippen MR) is 125 cm³/mol. The van der Waals surface area contributed by atoms with Crippen molar-refractivity contribution in [3.63, 3.8) is 0 Å². The summed E-state index contributed by atoms with van der Waals surface area (Å²) in [7, 11) is 0. The molecule has 170 valence electrons. The van der Waals surface area contributed by atoms with E-state index in [9.17, 15) is 20.8 Å². The van der Waals surface area contributed by atoms with Crippen molar-refractivity contribution in [3.05, 3.63) is 105 Å². The first-order chi connectivity index (χ1) is 15.2. The fourth-order valence-electron chi connectivity index (χ4n) is 3.39. The van der Waals surface area contributed by atoms with Crippen LogP contribution in [-0.2, 0) is 0 Å². The number of hydrogen-bond donors (Lipinski definition) is 4. The highest BCUT2D eigenvalue weighted by molar-refractivity contribution is 6.31. The third-order valence-electron chi connectivity index (χ3n) is 5.03. The Morgan fingerprint density at radius 1 is 0.562 bits per heavy atom. The zero-order valence-corrected chi connectivity index (χ0v) is 19.5. The molecule has 0 aromatic heterocycles. The van der Waals surface area contributed by atoms with Crippen molar-refractivity contribution in [2.75, 3.05) is 0 Å². The van der Waals surface area contributed by atoms with Crippen LogP contribution in [0.4, 0.5) is 11.4 Å². The van der Waals surface area contributed by atoms with E-state index in [0.717, 1.165) is 6.07 Å². The summed E-state index contributed by atoms with van der Waals surface area (Å²) in [6.07, 6.45) is 0. The van der Waals surface area contributed by atoms with Gasteiger partial charge in [-0.15, -0.1) is 46.4 Å². The molecule has 10 heteroatoms. The summed E-state index contributed by atoms with van der Waals surface area (Å²) in [5.74, 6) is 0. The van der Waals surface area contributed by atoms with Gasteiger partial charge in [-0.3, -0.25) is 0 Å². The maximum Gasteiger partial charge on any atom is 0.174 e. The van der Waals surface area contributed by atoms with Gasteiger partial charge in [-0.25, -0.2) is 10.4 Å². The summed E-state index contributed by atoms with van der Waals surface area (Å²) < 4.78 is 0. The van der Waals surface area contributed by atoms with Crippen molar-refractivity contribution in [2.45, 2.75) is 21.5 Å². The lowest BCUT2D eigenvalue weighted by Gasteiger charge is -2.27. The van der Waals surface area contributed by atoms with Crippen LogP contribution in [0.5, 0.6) is 0 Å². The van der Waals surface area contributed by atoms with E-state index in [4.69, 9.17) is 46.4 Å². The number of halogens is 4. The Bertz CT molecular complexity index is 946. The van der Waals surface area contributed by atoms with E-state index in [0.29, 0.717) is 11.1 Å². The molecule has 3 aromatic rings. The van der Waals surface area contributed by atoms with E-state index in [1.165, 1.54) is 6.07 Å². The lowest BCUT2D eigenvalue weighted by Crippen LogP contribution is -3.01. The Kier molecular flexibility index (Phi) is 8.77. The van der Waals surface area contributed by atoms with E-state index in [1.807, 2.05) is 12.1 Å². The maximum atomic E-state index is 11.9. The number of alkyl halides is 4. The van der Waals surface area contributed by atoms with Crippen LogP contribution in [0.25, 0.3) is 0 Å². The maximum absolute atomic E-state index is 11.9. The van der Waals surface area contributed by atoms with Gasteiger partial charge in [0.2, 0.25) is 0 Å². The molecule has 0 fully saturated rings. The predicted octanol–water partition coefficient (Wildman–Crippen LogP) is 5.01. The van der Waals surface area contributed by atoms with Gasteiger partial charge in [0.25, 0.3) is 0 Å².